The molecule has 0 aromatic carbocycles. The van der Waals surface area contributed by atoms with Gasteiger partial charge in [0.15, 0.2) is 0 Å². The molecule has 8 nitrogen and oxygen atoms in total. The van der Waals surface area contributed by atoms with E-state index < -0.39 is 65.1 Å². The van der Waals surface area contributed by atoms with Crippen LogP contribution in [-0.2, 0) is 18.4 Å². The third-order valence-corrected chi connectivity index (χ3v) is 9.41. The number of carbonyl (C=O) groups excluding carboxylic acids is 1. The number of nitrogens with zero attached hydrogens (tertiary/aromatic N) is 1. The van der Waals surface area contributed by atoms with Crippen molar-refractivity contribution < 1.29 is 45.2 Å². The molecule has 0 heterocycles. The molecule has 9 heteroatoms. The molecule has 0 aliphatic rings. The van der Waals surface area contributed by atoms with Crippen LogP contribution in [0.1, 0.15) is 187 Å². The van der Waals surface area contributed by atoms with Crippen molar-refractivity contribution >= 4 is 13.7 Å². The van der Waals surface area contributed by atoms with Crippen molar-refractivity contribution in [3.8, 4) is 0 Å². The zero-order chi connectivity index (χ0) is 42.6. The zero-order valence-electron chi connectivity index (χ0n) is 39.0. The van der Waals surface area contributed by atoms with Gasteiger partial charge in [-0.25, -0.2) is 4.57 Å². The molecule has 0 aliphatic heterocycles. The minimum Gasteiger partial charge on any atom is -0.387 e. The van der Waals surface area contributed by atoms with Crippen LogP contribution in [0.15, 0.2) is 12.2 Å². The number of allylic oxidation sites excluding steroid dienone is 1. The van der Waals surface area contributed by atoms with Gasteiger partial charge >= 0.3 is 7.82 Å². The SMILES string of the molecule is [2H]C([2H])([2H])[N+](CCOP(=O)(O)OC[C@H](NC(=O)CCCCCCCCCCCCCC)[C@H](O)/C=C/CCCCCCCCCCCCC)(C([2H])([2H])[2H])C([2H])([2H])[2H]. The number of hydrogen-bond donors (Lipinski definition) is 3. The number of rotatable bonds is 35. The molecule has 0 aromatic heterocycles. The smallest absolute Gasteiger partial charge is 0.387 e. The number of carbonyl (C=O) groups is 1. The van der Waals surface area contributed by atoms with Gasteiger partial charge < -0.3 is 19.8 Å². The van der Waals surface area contributed by atoms with Gasteiger partial charge in [-0.15, -0.1) is 0 Å². The largest absolute Gasteiger partial charge is 0.472 e. The van der Waals surface area contributed by atoms with Crippen LogP contribution in [0.5, 0.6) is 0 Å². The number of likely N-dealkylation sites (N-methyl/N-ethyl adjacent to an activating group) is 1. The molecule has 280 valence electrons. The summed E-state index contributed by atoms with van der Waals surface area (Å²) < 4.78 is 89.7. The highest BCUT2D eigenvalue weighted by atomic mass is 31.2. The standard InChI is InChI=1S/C38H77N2O6P/c1-6-8-10-12-14-16-18-20-21-23-25-27-29-31-37(41)36(35-46-47(43,44)45-34-33-40(3,4)5)39-38(42)32-30-28-26-24-22-19-17-15-13-11-9-7-2/h29,31,36-37,41H,6-28,30,32-35H2,1-5H3,(H-,39,42,43,44)/p+1/b31-29+/t36-,37+/m0/s1/i3D3,4D3,5D3. The van der Waals surface area contributed by atoms with E-state index in [1.54, 1.807) is 6.08 Å². The number of phosphoric ester groups is 1. The molecule has 3 N–H and O–H groups in total. The summed E-state index contributed by atoms with van der Waals surface area (Å²) in [6, 6.07) is -1.14. The van der Waals surface area contributed by atoms with Gasteiger partial charge in [0.1, 0.15) is 13.2 Å². The second-order valence-corrected chi connectivity index (χ2v) is 14.6. The summed E-state index contributed by atoms with van der Waals surface area (Å²) in [7, 11) is -5.03. The Hall–Kier alpha value is -0.760. The molecule has 1 unspecified atom stereocenters. The first-order chi connectivity index (χ1) is 26.3. The minimum absolute atomic E-state index is 0.190. The number of phosphoric acid groups is 1. The number of nitrogens with one attached hydrogen (secondary N) is 1. The first-order valence-electron chi connectivity index (χ1n) is 23.4. The van der Waals surface area contributed by atoms with Crippen LogP contribution in [-0.4, -0.2) is 73.2 Å². The van der Waals surface area contributed by atoms with Crippen molar-refractivity contribution in [2.24, 2.45) is 0 Å². The van der Waals surface area contributed by atoms with E-state index in [4.69, 9.17) is 21.4 Å². The molecule has 0 spiro atoms. The van der Waals surface area contributed by atoms with E-state index in [2.05, 4.69) is 19.2 Å². The zero-order valence-corrected chi connectivity index (χ0v) is 30.9. The van der Waals surface area contributed by atoms with E-state index in [-0.39, 0.29) is 12.3 Å². The number of hydrogen-bond acceptors (Lipinski definition) is 5. The number of amides is 1. The molecular formula is C38H78N2O6P+. The summed E-state index contributed by atoms with van der Waals surface area (Å²) >= 11 is 0. The Labute approximate surface area is 303 Å². The Balaban J connectivity index is 5.16. The van der Waals surface area contributed by atoms with Crippen LogP contribution in [0.2, 0.25) is 0 Å². The topological polar surface area (TPSA) is 105 Å². The van der Waals surface area contributed by atoms with E-state index >= 15 is 0 Å². The molecule has 47 heavy (non-hydrogen) atoms. The molecule has 0 saturated carbocycles. The predicted molar refractivity (Wildman–Crippen MR) is 198 cm³/mol. The van der Waals surface area contributed by atoms with Crippen LogP contribution >= 0.6 is 7.82 Å². The van der Waals surface area contributed by atoms with Gasteiger partial charge in [0.2, 0.25) is 5.91 Å². The lowest BCUT2D eigenvalue weighted by Gasteiger charge is -2.25. The Bertz CT molecular complexity index is 1040. The molecule has 0 saturated heterocycles. The second-order valence-electron chi connectivity index (χ2n) is 13.2. The molecule has 0 fully saturated rings. The van der Waals surface area contributed by atoms with Gasteiger partial charge in [-0.1, -0.05) is 161 Å². The molecule has 0 aliphatic carbocycles. The lowest BCUT2D eigenvalue weighted by atomic mass is 10.0. The highest BCUT2D eigenvalue weighted by Gasteiger charge is 2.27. The summed E-state index contributed by atoms with van der Waals surface area (Å²) in [5.74, 6) is -0.368. The van der Waals surface area contributed by atoms with E-state index in [0.717, 1.165) is 38.5 Å². The van der Waals surface area contributed by atoms with E-state index in [0.29, 0.717) is 12.8 Å². The number of unbranched alkanes of at least 4 members (excludes halogenated alkanes) is 22. The fourth-order valence-corrected chi connectivity index (χ4v) is 6.17. The first kappa shape index (κ1) is 32.2. The average Bonchev–Trinajstić information content (AvgIpc) is 3.09. The second kappa shape index (κ2) is 31.2. The lowest BCUT2D eigenvalue weighted by Crippen LogP contribution is -2.45. The van der Waals surface area contributed by atoms with Crippen molar-refractivity contribution in [1.29, 1.82) is 0 Å². The summed E-state index contributed by atoms with van der Waals surface area (Å²) in [5, 5.41) is 13.7. The third kappa shape index (κ3) is 33.5. The van der Waals surface area contributed by atoms with Crippen LogP contribution < -0.4 is 5.32 Å². The summed E-state index contributed by atoms with van der Waals surface area (Å²) in [6.07, 6.45) is 29.9. The first-order valence-corrected chi connectivity index (χ1v) is 20.4. The molecule has 0 bridgehead atoms. The van der Waals surface area contributed by atoms with Crippen LogP contribution in [0, 0.1) is 0 Å². The summed E-state index contributed by atoms with van der Waals surface area (Å²) in [6.45, 7) is -9.12. The Morgan fingerprint density at radius 3 is 1.66 bits per heavy atom. The Morgan fingerprint density at radius 1 is 0.745 bits per heavy atom. The van der Waals surface area contributed by atoms with Crippen LogP contribution in [0.4, 0.5) is 0 Å². The van der Waals surface area contributed by atoms with Crippen molar-refractivity contribution in [2.45, 2.75) is 187 Å². The average molecular weight is 699 g/mol. The van der Waals surface area contributed by atoms with Gasteiger partial charge in [-0.3, -0.25) is 13.8 Å². The molecular weight excluding hydrogens is 611 g/mol. The van der Waals surface area contributed by atoms with E-state index in [1.807, 2.05) is 0 Å². The maximum absolute atomic E-state index is 12.9. The van der Waals surface area contributed by atoms with Crippen molar-refractivity contribution in [2.75, 3.05) is 40.7 Å². The number of quaternary nitrogens is 1. The van der Waals surface area contributed by atoms with Crippen molar-refractivity contribution in [3.05, 3.63) is 12.2 Å². The summed E-state index contributed by atoms with van der Waals surface area (Å²) in [5.41, 5.74) is 0. The van der Waals surface area contributed by atoms with Crippen molar-refractivity contribution in [3.63, 3.8) is 0 Å². The molecule has 0 rings (SSSR count). The number of aliphatic hydroxyl groups excluding tert-OH is 1. The summed E-state index contributed by atoms with van der Waals surface area (Å²) in [4.78, 5) is 23.3. The van der Waals surface area contributed by atoms with Gasteiger partial charge in [-0.05, 0) is 19.3 Å². The third-order valence-electron chi connectivity index (χ3n) is 8.42. The Morgan fingerprint density at radius 2 is 1.19 bits per heavy atom. The van der Waals surface area contributed by atoms with Gasteiger partial charge in [0.05, 0.1) is 52.0 Å². The molecule has 3 atom stereocenters. The highest BCUT2D eigenvalue weighted by molar-refractivity contribution is 7.47. The highest BCUT2D eigenvalue weighted by Crippen LogP contribution is 2.43. The monoisotopic (exact) mass is 699 g/mol. The van der Waals surface area contributed by atoms with Crippen LogP contribution in [0.25, 0.3) is 0 Å². The van der Waals surface area contributed by atoms with Gasteiger partial charge in [0.25, 0.3) is 0 Å². The minimum atomic E-state index is -5.03. The Kier molecular flexibility index (Phi) is 21.4. The van der Waals surface area contributed by atoms with Gasteiger partial charge in [-0.2, -0.15) is 0 Å². The molecule has 0 radical (unpaired) electrons. The van der Waals surface area contributed by atoms with Crippen LogP contribution in [0.3, 0.4) is 0 Å². The van der Waals surface area contributed by atoms with Crippen molar-refractivity contribution in [1.82, 2.24) is 5.32 Å². The maximum Gasteiger partial charge on any atom is 0.472 e. The molecule has 0 aromatic rings. The van der Waals surface area contributed by atoms with E-state index in [9.17, 15) is 19.4 Å². The lowest BCUT2D eigenvalue weighted by molar-refractivity contribution is -0.870. The fraction of sp³-hybridized carbons (Fsp3) is 0.921. The fourth-order valence-electron chi connectivity index (χ4n) is 5.43. The molecule has 1 amide bonds. The maximum atomic E-state index is 12.9. The number of aliphatic hydroxyl groups is 1. The predicted octanol–water partition coefficient (Wildman–Crippen LogP) is 10.0. The van der Waals surface area contributed by atoms with E-state index in [1.165, 1.54) is 109 Å². The van der Waals surface area contributed by atoms with Gasteiger partial charge in [0, 0.05) is 6.42 Å². The normalized spacial score (nSPS) is 18.4. The quantitative estimate of drug-likeness (QED) is 0.0263.